The van der Waals surface area contributed by atoms with Gasteiger partial charge in [0.25, 0.3) is 0 Å². The van der Waals surface area contributed by atoms with Gasteiger partial charge >= 0.3 is 0 Å². The first-order valence-corrected chi connectivity index (χ1v) is 6.41. The zero-order valence-corrected chi connectivity index (χ0v) is 12.7. The maximum atomic E-state index is 6.06. The lowest BCUT2D eigenvalue weighted by Gasteiger charge is -2.15. The van der Waals surface area contributed by atoms with E-state index in [2.05, 4.69) is 23.6 Å². The summed E-state index contributed by atoms with van der Waals surface area (Å²) in [5.74, 6) is 1.09. The molecular weight excluding hydrogens is 264 g/mol. The number of nitrogens with two attached hydrogens (primary N) is 2. The second-order valence-electron chi connectivity index (χ2n) is 4.58. The number of anilines is 1. The van der Waals surface area contributed by atoms with Crippen molar-refractivity contribution in [3.8, 4) is 5.75 Å². The Balaban J connectivity index is 3.28. The number of ether oxygens (including phenoxy) is 1. The third-order valence-electron chi connectivity index (χ3n) is 2.87. The summed E-state index contributed by atoms with van der Waals surface area (Å²) in [5, 5.41) is 3.09. The highest BCUT2D eigenvalue weighted by molar-refractivity contribution is 5.69. The molecule has 0 amide bonds. The number of allylic oxidation sites excluding steroid dienone is 4. The van der Waals surface area contributed by atoms with Gasteiger partial charge in [0.1, 0.15) is 11.6 Å². The molecule has 0 aliphatic heterocycles. The Labute approximate surface area is 125 Å². The molecule has 0 aliphatic carbocycles. The Morgan fingerprint density at radius 1 is 1.38 bits per heavy atom. The van der Waals surface area contributed by atoms with Crippen LogP contribution < -0.4 is 21.5 Å². The van der Waals surface area contributed by atoms with E-state index in [9.17, 15) is 0 Å². The van der Waals surface area contributed by atoms with Crippen molar-refractivity contribution in [2.45, 2.75) is 13.8 Å². The van der Waals surface area contributed by atoms with Crippen molar-refractivity contribution in [3.63, 3.8) is 0 Å². The smallest absolute Gasteiger partial charge is 0.142 e. The summed E-state index contributed by atoms with van der Waals surface area (Å²) < 4.78 is 5.35. The molecule has 5 heteroatoms. The highest BCUT2D eigenvalue weighted by Crippen LogP contribution is 2.33. The largest absolute Gasteiger partial charge is 0.495 e. The van der Waals surface area contributed by atoms with E-state index in [0.29, 0.717) is 28.5 Å². The molecule has 5 N–H and O–H groups in total. The minimum Gasteiger partial charge on any atom is -0.495 e. The average molecular weight is 286 g/mol. The predicted octanol–water partition coefficient (Wildman–Crippen LogP) is 2.97. The molecule has 5 nitrogen and oxygen atoms in total. The number of benzene rings is 1. The normalized spacial score (nSPS) is 12.4. The van der Waals surface area contributed by atoms with Crippen LogP contribution in [0.15, 0.2) is 52.9 Å². The first-order valence-electron chi connectivity index (χ1n) is 6.41. The minimum absolute atomic E-state index is 0.423. The quantitative estimate of drug-likeness (QED) is 0.554. The van der Waals surface area contributed by atoms with Gasteiger partial charge < -0.3 is 21.5 Å². The SMILES string of the molecule is C=CC(/C=C(/C)N)=C(/N)Nc1cc(N=C)c(C)cc1OC. The summed E-state index contributed by atoms with van der Waals surface area (Å²) in [6, 6.07) is 3.70. The zero-order valence-electron chi connectivity index (χ0n) is 12.7. The lowest BCUT2D eigenvalue weighted by molar-refractivity contribution is 0.416. The van der Waals surface area contributed by atoms with E-state index in [4.69, 9.17) is 16.2 Å². The molecule has 0 aromatic heterocycles. The Kier molecular flexibility index (Phi) is 5.60. The monoisotopic (exact) mass is 286 g/mol. The number of rotatable bonds is 6. The first kappa shape index (κ1) is 16.4. The van der Waals surface area contributed by atoms with Gasteiger partial charge in [-0.25, -0.2) is 0 Å². The standard InChI is InChI=1S/C16H22N4O/c1-6-12(8-11(3)17)16(18)20-14-9-13(19-4)10(2)7-15(14)21-5/h6-9,20H,1,4,17-18H2,2-3,5H3/b11-8-,16-12+. The summed E-state index contributed by atoms with van der Waals surface area (Å²) in [6.07, 6.45) is 3.37. The summed E-state index contributed by atoms with van der Waals surface area (Å²) in [5.41, 5.74) is 15.5. The molecule has 0 unspecified atom stereocenters. The summed E-state index contributed by atoms with van der Waals surface area (Å²) in [6.45, 7) is 11.0. The van der Waals surface area contributed by atoms with E-state index >= 15 is 0 Å². The molecule has 0 spiro atoms. The van der Waals surface area contributed by atoms with Crippen LogP contribution in [-0.2, 0) is 0 Å². The van der Waals surface area contributed by atoms with Crippen molar-refractivity contribution in [1.82, 2.24) is 0 Å². The molecule has 1 aromatic carbocycles. The Bertz CT molecular complexity index is 611. The van der Waals surface area contributed by atoms with Gasteiger partial charge in [-0.15, -0.1) is 0 Å². The Hall–Kier alpha value is -2.69. The summed E-state index contributed by atoms with van der Waals surface area (Å²) in [4.78, 5) is 3.97. The van der Waals surface area contributed by atoms with Gasteiger partial charge in [-0.2, -0.15) is 0 Å². The molecule has 21 heavy (non-hydrogen) atoms. The molecule has 0 heterocycles. The van der Waals surface area contributed by atoms with Gasteiger partial charge in [-0.3, -0.25) is 4.99 Å². The van der Waals surface area contributed by atoms with Crippen LogP contribution in [0.4, 0.5) is 11.4 Å². The number of aryl methyl sites for hydroxylation is 1. The number of hydrogen-bond acceptors (Lipinski definition) is 5. The molecule has 1 aromatic rings. The molecular formula is C16H22N4O. The Morgan fingerprint density at radius 3 is 2.52 bits per heavy atom. The van der Waals surface area contributed by atoms with Crippen LogP contribution in [0.3, 0.4) is 0 Å². The topological polar surface area (TPSA) is 85.7 Å². The first-order chi connectivity index (χ1) is 9.92. The van der Waals surface area contributed by atoms with Crippen molar-refractivity contribution in [3.05, 3.63) is 53.5 Å². The van der Waals surface area contributed by atoms with Crippen LogP contribution in [0.5, 0.6) is 5.75 Å². The van der Waals surface area contributed by atoms with Crippen molar-refractivity contribution in [2.24, 2.45) is 16.5 Å². The van der Waals surface area contributed by atoms with Gasteiger partial charge in [0, 0.05) is 11.3 Å². The van der Waals surface area contributed by atoms with Gasteiger partial charge in [0.15, 0.2) is 0 Å². The van der Waals surface area contributed by atoms with Gasteiger partial charge in [-0.1, -0.05) is 12.7 Å². The van der Waals surface area contributed by atoms with E-state index in [1.165, 1.54) is 0 Å². The molecule has 0 aliphatic rings. The van der Waals surface area contributed by atoms with Crippen LogP contribution in [0.25, 0.3) is 0 Å². The summed E-state index contributed by atoms with van der Waals surface area (Å²) >= 11 is 0. The molecule has 112 valence electrons. The van der Waals surface area contributed by atoms with Crippen molar-refractivity contribution in [1.29, 1.82) is 0 Å². The average Bonchev–Trinajstić information content (AvgIpc) is 2.45. The maximum absolute atomic E-state index is 6.06. The van der Waals surface area contributed by atoms with Crippen LogP contribution in [0, 0.1) is 6.92 Å². The molecule has 0 saturated carbocycles. The lowest BCUT2D eigenvalue weighted by atomic mass is 10.1. The number of nitrogens with one attached hydrogen (secondary N) is 1. The predicted molar refractivity (Wildman–Crippen MR) is 89.9 cm³/mol. The highest BCUT2D eigenvalue weighted by Gasteiger charge is 2.09. The van der Waals surface area contributed by atoms with E-state index in [-0.39, 0.29) is 0 Å². The third-order valence-corrected chi connectivity index (χ3v) is 2.87. The van der Waals surface area contributed by atoms with Crippen molar-refractivity contribution < 1.29 is 4.74 Å². The number of aliphatic imine (C=N–C) groups is 1. The van der Waals surface area contributed by atoms with Gasteiger partial charge in [0.05, 0.1) is 18.5 Å². The van der Waals surface area contributed by atoms with Crippen LogP contribution in [0.2, 0.25) is 0 Å². The maximum Gasteiger partial charge on any atom is 0.142 e. The van der Waals surface area contributed by atoms with Gasteiger partial charge in [-0.05, 0) is 44.3 Å². The van der Waals surface area contributed by atoms with Crippen molar-refractivity contribution in [2.75, 3.05) is 12.4 Å². The van der Waals surface area contributed by atoms with Crippen LogP contribution in [0.1, 0.15) is 12.5 Å². The third kappa shape index (κ3) is 4.14. The van der Waals surface area contributed by atoms with E-state index in [1.54, 1.807) is 26.2 Å². The second-order valence-corrected chi connectivity index (χ2v) is 4.58. The minimum atomic E-state index is 0.423. The second kappa shape index (κ2) is 7.19. The summed E-state index contributed by atoms with van der Waals surface area (Å²) in [7, 11) is 1.60. The van der Waals surface area contributed by atoms with E-state index < -0.39 is 0 Å². The molecule has 0 atom stereocenters. The Morgan fingerprint density at radius 2 is 2.05 bits per heavy atom. The zero-order chi connectivity index (χ0) is 16.0. The number of nitrogens with zero attached hydrogens (tertiary/aromatic N) is 1. The number of methoxy groups -OCH3 is 1. The molecule has 0 fully saturated rings. The fraction of sp³-hybridized carbons (Fsp3) is 0.188. The lowest BCUT2D eigenvalue weighted by Crippen LogP contribution is -2.12. The molecule has 0 saturated heterocycles. The van der Waals surface area contributed by atoms with Gasteiger partial charge in [0.2, 0.25) is 0 Å². The number of hydrogen-bond donors (Lipinski definition) is 3. The molecule has 1 rings (SSSR count). The molecule has 0 radical (unpaired) electrons. The van der Waals surface area contributed by atoms with E-state index in [0.717, 1.165) is 11.3 Å². The van der Waals surface area contributed by atoms with Crippen LogP contribution >= 0.6 is 0 Å². The highest BCUT2D eigenvalue weighted by atomic mass is 16.5. The molecule has 0 bridgehead atoms. The van der Waals surface area contributed by atoms with Crippen molar-refractivity contribution >= 4 is 18.1 Å². The fourth-order valence-electron chi connectivity index (χ4n) is 1.82. The fourth-order valence-corrected chi connectivity index (χ4v) is 1.82. The van der Waals surface area contributed by atoms with E-state index in [1.807, 2.05) is 19.1 Å². The van der Waals surface area contributed by atoms with Crippen LogP contribution in [-0.4, -0.2) is 13.8 Å².